The van der Waals surface area contributed by atoms with Crippen LogP contribution in [0.15, 0.2) is 115 Å². The van der Waals surface area contributed by atoms with E-state index >= 15 is 0 Å². The fourth-order valence-corrected chi connectivity index (χ4v) is 3.53. The van der Waals surface area contributed by atoms with Crippen LogP contribution in [0.5, 0.6) is 0 Å². The molecule has 158 valence electrons. The molecule has 0 spiro atoms. The Morgan fingerprint density at radius 3 is 1.56 bits per heavy atom. The van der Waals surface area contributed by atoms with Gasteiger partial charge >= 0.3 is 0 Å². The third kappa shape index (κ3) is 4.96. The van der Waals surface area contributed by atoms with Crippen molar-refractivity contribution < 1.29 is 4.79 Å². The lowest BCUT2D eigenvalue weighted by molar-refractivity contribution is 0.104. The lowest BCUT2D eigenvalue weighted by Gasteiger charge is -2.25. The topological polar surface area (TPSA) is 23.6 Å². The Labute approximate surface area is 189 Å². The second-order valence-corrected chi connectivity index (χ2v) is 7.74. The maximum Gasteiger partial charge on any atom is 0.185 e. The molecule has 4 aromatic carbocycles. The summed E-state index contributed by atoms with van der Waals surface area (Å²) in [5.74, 6) is -0.00502. The molecule has 0 aliphatic rings. The molecular weight excluding hydrogens is 392 g/mol. The molecule has 4 aromatic rings. The molecule has 0 fully saturated rings. The van der Waals surface area contributed by atoms with Crippen molar-refractivity contribution in [3.8, 4) is 0 Å². The Hall–Kier alpha value is -4.11. The largest absolute Gasteiger partial charge is 0.378 e. The van der Waals surface area contributed by atoms with E-state index in [1.165, 1.54) is 0 Å². The summed E-state index contributed by atoms with van der Waals surface area (Å²) in [4.78, 5) is 16.8. The Kier molecular flexibility index (Phi) is 6.47. The molecule has 0 heterocycles. The highest BCUT2D eigenvalue weighted by molar-refractivity contribution is 6.07. The van der Waals surface area contributed by atoms with E-state index in [4.69, 9.17) is 0 Å². The summed E-state index contributed by atoms with van der Waals surface area (Å²) in [5.41, 5.74) is 5.99. The van der Waals surface area contributed by atoms with Crippen molar-refractivity contribution >= 4 is 34.6 Å². The third-order valence-corrected chi connectivity index (χ3v) is 5.28. The summed E-state index contributed by atoms with van der Waals surface area (Å²) in [6.45, 7) is 0. The molecule has 32 heavy (non-hydrogen) atoms. The summed E-state index contributed by atoms with van der Waals surface area (Å²) in [6, 6.07) is 36.5. The Morgan fingerprint density at radius 1 is 0.594 bits per heavy atom. The molecular formula is C29H26N2O. The SMILES string of the molecule is CN(C)c1ccc(C(=O)/C=C/c2ccc(N(c3ccccc3)c3ccccc3)cc2)cc1. The molecule has 0 aliphatic carbocycles. The van der Waals surface area contributed by atoms with Crippen LogP contribution in [0.1, 0.15) is 15.9 Å². The van der Waals surface area contributed by atoms with Gasteiger partial charge in [-0.15, -0.1) is 0 Å². The van der Waals surface area contributed by atoms with Gasteiger partial charge in [0, 0.05) is 42.4 Å². The lowest BCUT2D eigenvalue weighted by atomic mass is 10.1. The molecule has 3 heteroatoms. The summed E-state index contributed by atoms with van der Waals surface area (Å²) >= 11 is 0. The van der Waals surface area contributed by atoms with Gasteiger partial charge in [-0.2, -0.15) is 0 Å². The predicted molar refractivity (Wildman–Crippen MR) is 135 cm³/mol. The van der Waals surface area contributed by atoms with Gasteiger partial charge in [-0.3, -0.25) is 4.79 Å². The fourth-order valence-electron chi connectivity index (χ4n) is 3.53. The van der Waals surface area contributed by atoms with Gasteiger partial charge in [-0.25, -0.2) is 0 Å². The first kappa shape index (κ1) is 21.1. The second-order valence-electron chi connectivity index (χ2n) is 7.74. The van der Waals surface area contributed by atoms with Gasteiger partial charge in [0.1, 0.15) is 0 Å². The highest BCUT2D eigenvalue weighted by Gasteiger charge is 2.11. The van der Waals surface area contributed by atoms with Gasteiger partial charge in [0.2, 0.25) is 0 Å². The Balaban J connectivity index is 1.54. The van der Waals surface area contributed by atoms with E-state index in [9.17, 15) is 4.79 Å². The number of hydrogen-bond acceptors (Lipinski definition) is 3. The highest BCUT2D eigenvalue weighted by Crippen LogP contribution is 2.34. The number of rotatable bonds is 7. The molecule has 3 nitrogen and oxygen atoms in total. The van der Waals surface area contributed by atoms with E-state index < -0.39 is 0 Å². The zero-order chi connectivity index (χ0) is 22.3. The van der Waals surface area contributed by atoms with Crippen LogP contribution in [0, 0.1) is 0 Å². The summed E-state index contributed by atoms with van der Waals surface area (Å²) in [7, 11) is 3.97. The molecule has 0 saturated heterocycles. The molecule has 4 rings (SSSR count). The standard InChI is InChI=1S/C29H26N2O/c1-30(2)25-20-16-24(17-21-25)29(32)22-15-23-13-18-28(19-14-23)31(26-9-5-3-6-10-26)27-11-7-4-8-12-27/h3-22H,1-2H3/b22-15+. The zero-order valence-electron chi connectivity index (χ0n) is 18.3. The van der Waals surface area contributed by atoms with Crippen LogP contribution in [0.2, 0.25) is 0 Å². The summed E-state index contributed by atoms with van der Waals surface area (Å²) in [6.07, 6.45) is 3.49. The third-order valence-electron chi connectivity index (χ3n) is 5.28. The first-order valence-electron chi connectivity index (χ1n) is 10.6. The molecule has 0 aliphatic heterocycles. The molecule has 0 amide bonds. The fraction of sp³-hybridized carbons (Fsp3) is 0.0690. The van der Waals surface area contributed by atoms with Gasteiger partial charge < -0.3 is 9.80 Å². The van der Waals surface area contributed by atoms with Crippen LogP contribution < -0.4 is 9.80 Å². The molecule has 0 radical (unpaired) electrons. The van der Waals surface area contributed by atoms with Crippen LogP contribution in [0.25, 0.3) is 6.08 Å². The van der Waals surface area contributed by atoms with Crippen LogP contribution in [-0.4, -0.2) is 19.9 Å². The predicted octanol–water partition coefficient (Wildman–Crippen LogP) is 7.12. The Morgan fingerprint density at radius 2 is 1.06 bits per heavy atom. The first-order valence-corrected chi connectivity index (χ1v) is 10.6. The lowest BCUT2D eigenvalue weighted by Crippen LogP contribution is -2.09. The maximum absolute atomic E-state index is 12.5. The van der Waals surface area contributed by atoms with Gasteiger partial charge in [0.25, 0.3) is 0 Å². The number of ketones is 1. The first-order chi connectivity index (χ1) is 15.6. The van der Waals surface area contributed by atoms with E-state index in [0.29, 0.717) is 5.56 Å². The van der Waals surface area contributed by atoms with Gasteiger partial charge in [0.15, 0.2) is 5.78 Å². The van der Waals surface area contributed by atoms with Crippen molar-refractivity contribution in [2.24, 2.45) is 0 Å². The van der Waals surface area contributed by atoms with Crippen molar-refractivity contribution in [3.63, 3.8) is 0 Å². The van der Waals surface area contributed by atoms with Crippen LogP contribution in [0.3, 0.4) is 0 Å². The number of anilines is 4. The minimum Gasteiger partial charge on any atom is -0.378 e. The number of hydrogen-bond donors (Lipinski definition) is 0. The molecule has 0 N–H and O–H groups in total. The van der Waals surface area contributed by atoms with E-state index in [1.54, 1.807) is 6.08 Å². The molecule has 0 saturated carbocycles. The van der Waals surface area contributed by atoms with E-state index in [-0.39, 0.29) is 5.78 Å². The van der Waals surface area contributed by atoms with Crippen molar-refractivity contribution in [1.29, 1.82) is 0 Å². The minimum absolute atomic E-state index is 0.00502. The molecule has 0 atom stereocenters. The van der Waals surface area contributed by atoms with Crippen LogP contribution >= 0.6 is 0 Å². The van der Waals surface area contributed by atoms with Gasteiger partial charge in [0.05, 0.1) is 0 Å². The average Bonchev–Trinajstić information content (AvgIpc) is 2.85. The highest BCUT2D eigenvalue weighted by atomic mass is 16.1. The van der Waals surface area contributed by atoms with E-state index in [2.05, 4.69) is 41.3 Å². The minimum atomic E-state index is -0.00502. The van der Waals surface area contributed by atoms with Crippen molar-refractivity contribution in [1.82, 2.24) is 0 Å². The maximum atomic E-state index is 12.5. The zero-order valence-corrected chi connectivity index (χ0v) is 18.3. The van der Waals surface area contributed by atoms with Gasteiger partial charge in [-0.05, 0) is 72.3 Å². The van der Waals surface area contributed by atoms with Crippen LogP contribution in [-0.2, 0) is 0 Å². The normalized spacial score (nSPS) is 10.8. The smallest absolute Gasteiger partial charge is 0.185 e. The molecule has 0 aromatic heterocycles. The van der Waals surface area contributed by atoms with Crippen LogP contribution in [0.4, 0.5) is 22.7 Å². The number of benzene rings is 4. The molecule has 0 unspecified atom stereocenters. The van der Waals surface area contributed by atoms with Crippen molar-refractivity contribution in [2.75, 3.05) is 23.9 Å². The van der Waals surface area contributed by atoms with E-state index in [0.717, 1.165) is 28.3 Å². The van der Waals surface area contributed by atoms with E-state index in [1.807, 2.05) is 97.9 Å². The number of nitrogens with zero attached hydrogens (tertiary/aromatic N) is 2. The molecule has 0 bridgehead atoms. The Bertz CT molecular complexity index is 1140. The number of para-hydroxylation sites is 2. The second kappa shape index (κ2) is 9.80. The number of carbonyl (C=O) groups excluding carboxylic acids is 1. The summed E-state index contributed by atoms with van der Waals surface area (Å²) in [5, 5.41) is 0. The van der Waals surface area contributed by atoms with Crippen molar-refractivity contribution in [3.05, 3.63) is 126 Å². The monoisotopic (exact) mass is 418 g/mol. The quantitative estimate of drug-likeness (QED) is 0.236. The number of carbonyl (C=O) groups is 1. The summed E-state index contributed by atoms with van der Waals surface area (Å²) < 4.78 is 0. The van der Waals surface area contributed by atoms with Crippen molar-refractivity contribution in [2.45, 2.75) is 0 Å². The average molecular weight is 419 g/mol. The number of allylic oxidation sites excluding steroid dienone is 1. The van der Waals surface area contributed by atoms with Gasteiger partial charge in [-0.1, -0.05) is 54.6 Å².